The van der Waals surface area contributed by atoms with Crippen LogP contribution in [-0.4, -0.2) is 19.3 Å². The number of aryl methyl sites for hydroxylation is 1. The number of rotatable bonds is 6. The number of fused-ring (bicyclic) bond motifs is 1. The zero-order valence-corrected chi connectivity index (χ0v) is 17.8. The molecule has 30 heavy (non-hydrogen) atoms. The van der Waals surface area contributed by atoms with Gasteiger partial charge in [0.25, 0.3) is 15.9 Å². The molecular weight excluding hydrogens is 418 g/mol. The normalized spacial score (nSPS) is 11.4. The Morgan fingerprint density at radius 3 is 2.53 bits per heavy atom. The van der Waals surface area contributed by atoms with Gasteiger partial charge in [-0.1, -0.05) is 54.7 Å². The third-order valence-electron chi connectivity index (χ3n) is 4.53. The molecule has 6 nitrogen and oxygen atoms in total. The summed E-state index contributed by atoms with van der Waals surface area (Å²) in [5.74, 6) is -0.354. The average molecular weight is 438 g/mol. The molecule has 3 aromatic carbocycles. The Bertz CT molecular complexity index is 1320. The first-order valence-corrected chi connectivity index (χ1v) is 11.6. The summed E-state index contributed by atoms with van der Waals surface area (Å²) in [6.45, 7) is 2.06. The van der Waals surface area contributed by atoms with Gasteiger partial charge in [0, 0.05) is 11.3 Å². The molecule has 2 N–H and O–H groups in total. The van der Waals surface area contributed by atoms with Gasteiger partial charge in [0.05, 0.1) is 15.1 Å². The van der Waals surface area contributed by atoms with Gasteiger partial charge in [-0.15, -0.1) is 0 Å². The lowest BCUT2D eigenvalue weighted by Gasteiger charge is -2.09. The van der Waals surface area contributed by atoms with Crippen molar-refractivity contribution in [1.82, 2.24) is 4.98 Å². The van der Waals surface area contributed by atoms with Crippen molar-refractivity contribution in [2.45, 2.75) is 18.2 Å². The largest absolute Gasteiger partial charge is 0.298 e. The first-order chi connectivity index (χ1) is 14.5. The Morgan fingerprint density at radius 1 is 1.00 bits per heavy atom. The van der Waals surface area contributed by atoms with Crippen molar-refractivity contribution in [3.05, 3.63) is 83.9 Å². The molecule has 8 heteroatoms. The Labute approximate surface area is 178 Å². The molecule has 1 amide bonds. The zero-order chi connectivity index (χ0) is 21.1. The van der Waals surface area contributed by atoms with Crippen molar-refractivity contribution in [2.75, 3.05) is 10.0 Å². The summed E-state index contributed by atoms with van der Waals surface area (Å²) in [5, 5.41) is 3.32. The lowest BCUT2D eigenvalue weighted by Crippen LogP contribution is -2.15. The first kappa shape index (κ1) is 20.1. The molecule has 4 rings (SSSR count). The zero-order valence-electron chi connectivity index (χ0n) is 16.1. The highest BCUT2D eigenvalue weighted by Gasteiger charge is 2.16. The van der Waals surface area contributed by atoms with E-state index in [-0.39, 0.29) is 10.8 Å². The predicted molar refractivity (Wildman–Crippen MR) is 121 cm³/mol. The third-order valence-corrected chi connectivity index (χ3v) is 6.87. The molecule has 0 saturated heterocycles. The van der Waals surface area contributed by atoms with Crippen LogP contribution < -0.4 is 10.0 Å². The minimum Gasteiger partial charge on any atom is -0.298 e. The number of carbonyl (C=O) groups is 1. The Morgan fingerprint density at radius 2 is 1.77 bits per heavy atom. The number of aromatic nitrogens is 1. The van der Waals surface area contributed by atoms with Crippen LogP contribution >= 0.6 is 11.3 Å². The van der Waals surface area contributed by atoms with Gasteiger partial charge in [-0.05, 0) is 48.4 Å². The first-order valence-electron chi connectivity index (χ1n) is 9.34. The van der Waals surface area contributed by atoms with Gasteiger partial charge >= 0.3 is 0 Å². The van der Waals surface area contributed by atoms with E-state index in [1.54, 1.807) is 36.4 Å². The number of hydrogen-bond donors (Lipinski definition) is 2. The highest BCUT2D eigenvalue weighted by Crippen LogP contribution is 2.29. The van der Waals surface area contributed by atoms with Crippen LogP contribution in [0.1, 0.15) is 22.8 Å². The molecule has 0 atom stereocenters. The summed E-state index contributed by atoms with van der Waals surface area (Å²) in [6.07, 6.45) is 0.859. The highest BCUT2D eigenvalue weighted by atomic mass is 32.2. The maximum absolute atomic E-state index is 12.7. The number of amides is 1. The monoisotopic (exact) mass is 437 g/mol. The number of thiazole rings is 1. The average Bonchev–Trinajstić information content (AvgIpc) is 3.16. The Balaban J connectivity index is 1.54. The molecule has 0 radical (unpaired) electrons. The van der Waals surface area contributed by atoms with E-state index in [2.05, 4.69) is 21.9 Å². The SMILES string of the molecule is CCc1cccc2sc(NC(=O)c3cccc(NS(=O)(=O)c4ccccc4)c3)nc12. The van der Waals surface area contributed by atoms with Crippen molar-refractivity contribution in [3.8, 4) is 0 Å². The fourth-order valence-electron chi connectivity index (χ4n) is 3.05. The Kier molecular flexibility index (Phi) is 5.52. The summed E-state index contributed by atoms with van der Waals surface area (Å²) in [6, 6.07) is 20.4. The fourth-order valence-corrected chi connectivity index (χ4v) is 5.03. The number of nitrogens with zero attached hydrogens (tertiary/aromatic N) is 1. The summed E-state index contributed by atoms with van der Waals surface area (Å²) < 4.78 is 28.5. The predicted octanol–water partition coefficient (Wildman–Crippen LogP) is 4.91. The number of para-hydroxylation sites is 1. The lowest BCUT2D eigenvalue weighted by atomic mass is 10.1. The van der Waals surface area contributed by atoms with Gasteiger partial charge < -0.3 is 0 Å². The van der Waals surface area contributed by atoms with Crippen molar-refractivity contribution < 1.29 is 13.2 Å². The molecule has 0 bridgehead atoms. The van der Waals surface area contributed by atoms with Crippen molar-refractivity contribution >= 4 is 48.3 Å². The topological polar surface area (TPSA) is 88.2 Å². The van der Waals surface area contributed by atoms with Gasteiger partial charge in [0.1, 0.15) is 0 Å². The maximum Gasteiger partial charge on any atom is 0.261 e. The van der Waals surface area contributed by atoms with Crippen molar-refractivity contribution in [1.29, 1.82) is 0 Å². The van der Waals surface area contributed by atoms with Crippen molar-refractivity contribution in [2.24, 2.45) is 0 Å². The number of sulfonamides is 1. The molecule has 0 aliphatic heterocycles. The van der Waals surface area contributed by atoms with Gasteiger partial charge in [-0.3, -0.25) is 14.8 Å². The van der Waals surface area contributed by atoms with Crippen LogP contribution in [0.25, 0.3) is 10.2 Å². The van der Waals surface area contributed by atoms with Crippen LogP contribution in [0.3, 0.4) is 0 Å². The van der Waals surface area contributed by atoms with Gasteiger partial charge in [0.15, 0.2) is 5.13 Å². The molecule has 0 aliphatic rings. The molecule has 0 aliphatic carbocycles. The molecule has 1 heterocycles. The van der Waals surface area contributed by atoms with E-state index in [0.717, 1.165) is 22.2 Å². The molecule has 1 aromatic heterocycles. The van der Waals surface area contributed by atoms with E-state index in [4.69, 9.17) is 0 Å². The number of benzene rings is 3. The molecule has 4 aromatic rings. The van der Waals surface area contributed by atoms with Crippen LogP contribution in [-0.2, 0) is 16.4 Å². The summed E-state index contributed by atoms with van der Waals surface area (Å²) in [5.41, 5.74) is 2.66. The van der Waals surface area contributed by atoms with E-state index in [1.165, 1.54) is 29.5 Å². The molecule has 152 valence electrons. The summed E-state index contributed by atoms with van der Waals surface area (Å²) in [4.78, 5) is 17.4. The molecular formula is C22H19N3O3S2. The number of nitrogens with one attached hydrogen (secondary N) is 2. The van der Waals surface area contributed by atoms with E-state index in [9.17, 15) is 13.2 Å². The van der Waals surface area contributed by atoms with Gasteiger partial charge in [-0.2, -0.15) is 0 Å². The minimum atomic E-state index is -3.73. The number of carbonyl (C=O) groups excluding carboxylic acids is 1. The van der Waals surface area contributed by atoms with Gasteiger partial charge in [-0.25, -0.2) is 13.4 Å². The van der Waals surface area contributed by atoms with E-state index in [0.29, 0.717) is 16.4 Å². The fraction of sp³-hybridized carbons (Fsp3) is 0.0909. The van der Waals surface area contributed by atoms with Crippen molar-refractivity contribution in [3.63, 3.8) is 0 Å². The van der Waals surface area contributed by atoms with E-state index < -0.39 is 10.0 Å². The smallest absolute Gasteiger partial charge is 0.261 e. The van der Waals surface area contributed by atoms with Crippen LogP contribution in [0.5, 0.6) is 0 Å². The second-order valence-electron chi connectivity index (χ2n) is 6.59. The van der Waals surface area contributed by atoms with Gasteiger partial charge in [0.2, 0.25) is 0 Å². The molecule has 0 spiro atoms. The van der Waals surface area contributed by atoms with Crippen LogP contribution in [0.15, 0.2) is 77.7 Å². The minimum absolute atomic E-state index is 0.154. The molecule has 0 saturated carbocycles. The molecule has 0 unspecified atom stereocenters. The van der Waals surface area contributed by atoms with E-state index in [1.807, 2.05) is 18.2 Å². The van der Waals surface area contributed by atoms with Crippen LogP contribution in [0, 0.1) is 0 Å². The lowest BCUT2D eigenvalue weighted by molar-refractivity contribution is 0.102. The summed E-state index contributed by atoms with van der Waals surface area (Å²) >= 11 is 1.41. The van der Waals surface area contributed by atoms with E-state index >= 15 is 0 Å². The second-order valence-corrected chi connectivity index (χ2v) is 9.30. The quantitative estimate of drug-likeness (QED) is 0.448. The highest BCUT2D eigenvalue weighted by molar-refractivity contribution is 7.92. The number of hydrogen-bond acceptors (Lipinski definition) is 5. The van der Waals surface area contributed by atoms with Crippen LogP contribution in [0.4, 0.5) is 10.8 Å². The number of anilines is 2. The maximum atomic E-state index is 12.7. The standard InChI is InChI=1S/C22H19N3O3S2/c1-2-15-8-7-13-19-20(15)23-22(29-19)24-21(26)16-9-6-10-17(14-16)25-30(27,28)18-11-4-3-5-12-18/h3-14,25H,2H2,1H3,(H,23,24,26). The second kappa shape index (κ2) is 8.25. The third kappa shape index (κ3) is 4.19. The van der Waals surface area contributed by atoms with Crippen LogP contribution in [0.2, 0.25) is 0 Å². The Hall–Kier alpha value is -3.23. The summed E-state index contributed by atoms with van der Waals surface area (Å²) in [7, 11) is -3.73. The molecule has 0 fully saturated rings.